The molecule has 8 heteroatoms. The summed E-state index contributed by atoms with van der Waals surface area (Å²) in [6.45, 7) is 3.74. The summed E-state index contributed by atoms with van der Waals surface area (Å²) < 4.78 is 37.9. The number of carbonyl (C=O) groups excluding carboxylic acids is 1. The highest BCUT2D eigenvalue weighted by Gasteiger charge is 2.29. The summed E-state index contributed by atoms with van der Waals surface area (Å²) >= 11 is 0. The molecule has 1 aromatic rings. The van der Waals surface area contributed by atoms with Crippen LogP contribution in [0.5, 0.6) is 0 Å². The highest BCUT2D eigenvalue weighted by molar-refractivity contribution is 7.92. The average Bonchev–Trinajstić information content (AvgIpc) is 2.40. The minimum Gasteiger partial charge on any atom is -0.329 e. The van der Waals surface area contributed by atoms with Crippen molar-refractivity contribution >= 4 is 27.3 Å². The summed E-state index contributed by atoms with van der Waals surface area (Å²) in [7, 11) is -3.61. The van der Waals surface area contributed by atoms with Crippen LogP contribution in [-0.4, -0.2) is 27.1 Å². The van der Waals surface area contributed by atoms with E-state index in [1.807, 2.05) is 6.92 Å². The van der Waals surface area contributed by atoms with Crippen LogP contribution in [0.4, 0.5) is 15.8 Å². The van der Waals surface area contributed by atoms with Gasteiger partial charge >= 0.3 is 0 Å². The van der Waals surface area contributed by atoms with Crippen molar-refractivity contribution in [2.24, 2.45) is 11.1 Å². The van der Waals surface area contributed by atoms with Gasteiger partial charge in [0.2, 0.25) is 15.9 Å². The molecule has 1 unspecified atom stereocenters. The number of anilines is 2. The molecular weight excluding hydrogens is 297 g/mol. The van der Waals surface area contributed by atoms with Crippen LogP contribution in [0.15, 0.2) is 18.2 Å². The van der Waals surface area contributed by atoms with Gasteiger partial charge in [0.15, 0.2) is 0 Å². The fraction of sp³-hybridized carbons (Fsp3) is 0.462. The van der Waals surface area contributed by atoms with Crippen LogP contribution in [0.25, 0.3) is 0 Å². The van der Waals surface area contributed by atoms with Crippen molar-refractivity contribution in [1.29, 1.82) is 0 Å². The lowest BCUT2D eigenvalue weighted by atomic mass is 9.86. The van der Waals surface area contributed by atoms with E-state index in [1.165, 1.54) is 12.1 Å². The Morgan fingerprint density at radius 1 is 1.43 bits per heavy atom. The van der Waals surface area contributed by atoms with Gasteiger partial charge in [-0.1, -0.05) is 6.92 Å². The van der Waals surface area contributed by atoms with Gasteiger partial charge in [0.25, 0.3) is 0 Å². The van der Waals surface area contributed by atoms with Gasteiger partial charge in [-0.3, -0.25) is 9.52 Å². The number of carbonyl (C=O) groups is 1. The molecule has 4 N–H and O–H groups in total. The molecule has 1 atom stereocenters. The smallest absolute Gasteiger partial charge is 0.231 e. The van der Waals surface area contributed by atoms with Crippen LogP contribution < -0.4 is 15.8 Å². The van der Waals surface area contributed by atoms with Crippen LogP contribution in [0.2, 0.25) is 0 Å². The van der Waals surface area contributed by atoms with Crippen molar-refractivity contribution < 1.29 is 17.6 Å². The first kappa shape index (κ1) is 17.4. The Morgan fingerprint density at radius 3 is 2.52 bits per heavy atom. The van der Waals surface area contributed by atoms with E-state index < -0.39 is 21.3 Å². The number of hydrogen-bond acceptors (Lipinski definition) is 4. The third-order valence-electron chi connectivity index (χ3n) is 3.30. The van der Waals surface area contributed by atoms with E-state index in [4.69, 9.17) is 5.73 Å². The summed E-state index contributed by atoms with van der Waals surface area (Å²) in [6.07, 6.45) is 1.46. The molecule has 6 nitrogen and oxygen atoms in total. The van der Waals surface area contributed by atoms with Gasteiger partial charge in [-0.05, 0) is 31.5 Å². The number of rotatable bonds is 6. The Labute approximate surface area is 124 Å². The zero-order valence-corrected chi connectivity index (χ0v) is 13.1. The molecular formula is C13H20FN3O3S. The Balaban J connectivity index is 3.01. The lowest BCUT2D eigenvalue weighted by Gasteiger charge is -2.25. The molecule has 0 aliphatic rings. The fourth-order valence-corrected chi connectivity index (χ4v) is 2.12. The van der Waals surface area contributed by atoms with E-state index in [2.05, 4.69) is 10.0 Å². The molecule has 0 saturated heterocycles. The van der Waals surface area contributed by atoms with Gasteiger partial charge < -0.3 is 11.1 Å². The van der Waals surface area contributed by atoms with Gasteiger partial charge in [-0.2, -0.15) is 0 Å². The monoisotopic (exact) mass is 317 g/mol. The molecule has 1 aromatic carbocycles. The topological polar surface area (TPSA) is 101 Å². The maximum Gasteiger partial charge on any atom is 0.231 e. The molecule has 0 aliphatic heterocycles. The number of nitrogens with one attached hydrogen (secondary N) is 2. The Kier molecular flexibility index (Phi) is 5.30. The van der Waals surface area contributed by atoms with E-state index >= 15 is 0 Å². The van der Waals surface area contributed by atoms with Crippen LogP contribution in [0.1, 0.15) is 20.3 Å². The minimum absolute atomic E-state index is 0.172. The quantitative estimate of drug-likeness (QED) is 0.740. The summed E-state index contributed by atoms with van der Waals surface area (Å²) in [4.78, 5) is 12.2. The zero-order valence-electron chi connectivity index (χ0n) is 12.2. The van der Waals surface area contributed by atoms with E-state index in [1.54, 1.807) is 6.92 Å². The largest absolute Gasteiger partial charge is 0.329 e. The first-order valence-corrected chi connectivity index (χ1v) is 8.29. The second-order valence-electron chi connectivity index (χ2n) is 5.14. The fourth-order valence-electron chi connectivity index (χ4n) is 1.56. The SMILES string of the molecule is CCC(C)(CN)C(=O)Nc1ccc(F)c(NS(C)(=O)=O)c1. The van der Waals surface area contributed by atoms with Gasteiger partial charge in [-0.15, -0.1) is 0 Å². The molecule has 0 radical (unpaired) electrons. The van der Waals surface area contributed by atoms with Crippen molar-refractivity contribution in [3.8, 4) is 0 Å². The van der Waals surface area contributed by atoms with Crippen LogP contribution in [-0.2, 0) is 14.8 Å². The molecule has 0 saturated carbocycles. The molecule has 0 spiro atoms. The van der Waals surface area contributed by atoms with Crippen molar-refractivity contribution in [3.63, 3.8) is 0 Å². The second-order valence-corrected chi connectivity index (χ2v) is 6.89. The van der Waals surface area contributed by atoms with E-state index in [0.717, 1.165) is 12.3 Å². The zero-order chi connectivity index (χ0) is 16.3. The molecule has 0 fully saturated rings. The predicted molar refractivity (Wildman–Crippen MR) is 80.9 cm³/mol. The molecule has 118 valence electrons. The lowest BCUT2D eigenvalue weighted by molar-refractivity contribution is -0.124. The maximum atomic E-state index is 13.5. The van der Waals surface area contributed by atoms with Gasteiger partial charge in [0, 0.05) is 12.2 Å². The first-order valence-electron chi connectivity index (χ1n) is 6.40. The van der Waals surface area contributed by atoms with Crippen molar-refractivity contribution in [2.75, 3.05) is 22.8 Å². The summed E-state index contributed by atoms with van der Waals surface area (Å²) in [6, 6.07) is 3.66. The number of nitrogens with two attached hydrogens (primary N) is 1. The first-order chi connectivity index (χ1) is 9.61. The van der Waals surface area contributed by atoms with Crippen LogP contribution >= 0.6 is 0 Å². The Bertz CT molecular complexity index is 628. The second kappa shape index (κ2) is 6.40. The summed E-state index contributed by atoms with van der Waals surface area (Å²) in [5.74, 6) is -1.03. The number of halogens is 1. The Hall–Kier alpha value is -1.67. The molecule has 1 amide bonds. The number of benzene rings is 1. The third-order valence-corrected chi connectivity index (χ3v) is 3.89. The standard InChI is InChI=1S/C13H20FN3O3S/c1-4-13(2,8-15)12(18)16-9-5-6-10(14)11(7-9)17-21(3,19)20/h5-7,17H,4,8,15H2,1-3H3,(H,16,18). The highest BCUT2D eigenvalue weighted by atomic mass is 32.2. The van der Waals surface area contributed by atoms with E-state index in [0.29, 0.717) is 12.1 Å². The molecule has 0 aliphatic carbocycles. The van der Waals surface area contributed by atoms with E-state index in [9.17, 15) is 17.6 Å². The van der Waals surface area contributed by atoms with Gasteiger partial charge in [0.1, 0.15) is 5.82 Å². The van der Waals surface area contributed by atoms with Crippen molar-refractivity contribution in [2.45, 2.75) is 20.3 Å². The average molecular weight is 317 g/mol. The van der Waals surface area contributed by atoms with Gasteiger partial charge in [-0.25, -0.2) is 12.8 Å². The normalized spacial score (nSPS) is 14.3. The molecule has 0 heterocycles. The van der Waals surface area contributed by atoms with Gasteiger partial charge in [0.05, 0.1) is 17.4 Å². The highest BCUT2D eigenvalue weighted by Crippen LogP contribution is 2.25. The van der Waals surface area contributed by atoms with E-state index in [-0.39, 0.29) is 18.1 Å². The molecule has 21 heavy (non-hydrogen) atoms. The van der Waals surface area contributed by atoms with Crippen LogP contribution in [0.3, 0.4) is 0 Å². The predicted octanol–water partition coefficient (Wildman–Crippen LogP) is 1.51. The number of hydrogen-bond donors (Lipinski definition) is 3. The number of sulfonamides is 1. The minimum atomic E-state index is -3.61. The third kappa shape index (κ3) is 4.68. The maximum absolute atomic E-state index is 13.5. The lowest BCUT2D eigenvalue weighted by Crippen LogP contribution is -2.39. The molecule has 1 rings (SSSR count). The summed E-state index contributed by atoms with van der Waals surface area (Å²) in [5, 5.41) is 2.62. The van der Waals surface area contributed by atoms with Crippen LogP contribution in [0, 0.1) is 11.2 Å². The Morgan fingerprint density at radius 2 is 2.05 bits per heavy atom. The van der Waals surface area contributed by atoms with Crippen molar-refractivity contribution in [3.05, 3.63) is 24.0 Å². The summed E-state index contributed by atoms with van der Waals surface area (Å²) in [5.41, 5.74) is 4.93. The number of amides is 1. The molecule has 0 aromatic heterocycles. The van der Waals surface area contributed by atoms with Crippen molar-refractivity contribution in [1.82, 2.24) is 0 Å². The molecule has 0 bridgehead atoms.